The van der Waals surface area contributed by atoms with E-state index in [1.54, 1.807) is 0 Å². The molecule has 0 aliphatic carbocycles. The number of likely N-dealkylation sites (tertiary alicyclic amines) is 1. The number of carbonyl (C=O) groups is 1. The number of hydrogen-bond donors (Lipinski definition) is 0. The van der Waals surface area contributed by atoms with Crippen LogP contribution in [-0.2, 0) is 0 Å². The number of amides is 1. The smallest absolute Gasteiger partial charge is 0.289 e. The Morgan fingerprint density at radius 1 is 1.26 bits per heavy atom. The van der Waals surface area contributed by atoms with Gasteiger partial charge in [0.05, 0.1) is 0 Å². The second kappa shape index (κ2) is 4.72. The predicted octanol–water partition coefficient (Wildman–Crippen LogP) is 3.61. The van der Waals surface area contributed by atoms with Crippen LogP contribution in [-0.4, -0.2) is 23.9 Å². The van der Waals surface area contributed by atoms with E-state index in [4.69, 9.17) is 4.42 Å². The SMILES string of the molecule is Cc1ccc2cc(C(=O)N3CCC(C)CC3)oc2c1. The molecule has 0 N–H and O–H groups in total. The molecule has 0 atom stereocenters. The summed E-state index contributed by atoms with van der Waals surface area (Å²) in [6, 6.07) is 7.87. The molecule has 3 heteroatoms. The molecule has 0 radical (unpaired) electrons. The minimum atomic E-state index is 0.0285. The molecule has 1 aromatic heterocycles. The lowest BCUT2D eigenvalue weighted by Crippen LogP contribution is -2.37. The summed E-state index contributed by atoms with van der Waals surface area (Å²) in [5.74, 6) is 1.22. The van der Waals surface area contributed by atoms with E-state index in [1.807, 2.05) is 36.1 Å². The van der Waals surface area contributed by atoms with Gasteiger partial charge in [-0.15, -0.1) is 0 Å². The lowest BCUT2D eigenvalue weighted by Gasteiger charge is -2.29. The standard InChI is InChI=1S/C16H19NO2/c1-11-5-7-17(8-6-11)16(18)15-10-13-4-3-12(2)9-14(13)19-15/h3-4,9-11H,5-8H2,1-2H3. The van der Waals surface area contributed by atoms with E-state index in [0.717, 1.165) is 48.4 Å². The molecule has 2 heterocycles. The van der Waals surface area contributed by atoms with E-state index in [0.29, 0.717) is 5.76 Å². The highest BCUT2D eigenvalue weighted by Gasteiger charge is 2.23. The summed E-state index contributed by atoms with van der Waals surface area (Å²) < 4.78 is 5.70. The van der Waals surface area contributed by atoms with E-state index < -0.39 is 0 Å². The fourth-order valence-electron chi connectivity index (χ4n) is 2.61. The van der Waals surface area contributed by atoms with Gasteiger partial charge in [0.2, 0.25) is 0 Å². The maximum atomic E-state index is 12.4. The van der Waals surface area contributed by atoms with Gasteiger partial charge in [-0.05, 0) is 43.4 Å². The zero-order valence-corrected chi connectivity index (χ0v) is 11.5. The number of carbonyl (C=O) groups excluding carboxylic acids is 1. The zero-order chi connectivity index (χ0) is 13.4. The van der Waals surface area contributed by atoms with E-state index in [1.165, 1.54) is 0 Å². The highest BCUT2D eigenvalue weighted by Crippen LogP contribution is 2.23. The summed E-state index contributed by atoms with van der Waals surface area (Å²) in [6.07, 6.45) is 2.18. The third-order valence-electron chi connectivity index (χ3n) is 3.96. The van der Waals surface area contributed by atoms with Gasteiger partial charge in [0.25, 0.3) is 5.91 Å². The van der Waals surface area contributed by atoms with E-state index in [-0.39, 0.29) is 5.91 Å². The number of nitrogens with zero attached hydrogens (tertiary/aromatic N) is 1. The number of rotatable bonds is 1. The van der Waals surface area contributed by atoms with Crippen LogP contribution < -0.4 is 0 Å². The molecule has 1 aliphatic heterocycles. The number of aryl methyl sites for hydroxylation is 1. The minimum Gasteiger partial charge on any atom is -0.451 e. The summed E-state index contributed by atoms with van der Waals surface area (Å²) in [4.78, 5) is 14.3. The average Bonchev–Trinajstić information content (AvgIpc) is 2.81. The Bertz CT molecular complexity index is 606. The van der Waals surface area contributed by atoms with Gasteiger partial charge in [-0.25, -0.2) is 0 Å². The van der Waals surface area contributed by atoms with Crippen LogP contribution in [0.25, 0.3) is 11.0 Å². The lowest BCUT2D eigenvalue weighted by molar-refractivity contribution is 0.0667. The molecule has 19 heavy (non-hydrogen) atoms. The van der Waals surface area contributed by atoms with E-state index in [9.17, 15) is 4.79 Å². The van der Waals surface area contributed by atoms with Crippen molar-refractivity contribution in [1.82, 2.24) is 4.90 Å². The Labute approximate surface area is 113 Å². The molecule has 1 saturated heterocycles. The Morgan fingerprint density at radius 3 is 2.74 bits per heavy atom. The summed E-state index contributed by atoms with van der Waals surface area (Å²) in [6.45, 7) is 5.95. The number of furan rings is 1. The molecule has 3 nitrogen and oxygen atoms in total. The zero-order valence-electron chi connectivity index (χ0n) is 11.5. The Morgan fingerprint density at radius 2 is 2.00 bits per heavy atom. The maximum absolute atomic E-state index is 12.4. The second-order valence-corrected chi connectivity index (χ2v) is 5.63. The van der Waals surface area contributed by atoms with E-state index in [2.05, 4.69) is 6.92 Å². The van der Waals surface area contributed by atoms with Crippen molar-refractivity contribution in [2.75, 3.05) is 13.1 Å². The Hall–Kier alpha value is -1.77. The second-order valence-electron chi connectivity index (χ2n) is 5.63. The van der Waals surface area contributed by atoms with Crippen molar-refractivity contribution in [2.45, 2.75) is 26.7 Å². The largest absolute Gasteiger partial charge is 0.451 e. The minimum absolute atomic E-state index is 0.0285. The lowest BCUT2D eigenvalue weighted by atomic mass is 9.99. The molecular formula is C16H19NO2. The summed E-state index contributed by atoms with van der Waals surface area (Å²) in [5.41, 5.74) is 1.95. The fourth-order valence-corrected chi connectivity index (χ4v) is 2.61. The molecular weight excluding hydrogens is 238 g/mol. The van der Waals surface area contributed by atoms with Crippen molar-refractivity contribution in [3.05, 3.63) is 35.6 Å². The number of fused-ring (bicyclic) bond motifs is 1. The molecule has 3 rings (SSSR count). The van der Waals surface area contributed by atoms with Crippen LogP contribution in [0.5, 0.6) is 0 Å². The molecule has 1 aromatic carbocycles. The van der Waals surface area contributed by atoms with Gasteiger partial charge in [-0.1, -0.05) is 19.1 Å². The molecule has 0 spiro atoms. The van der Waals surface area contributed by atoms with Crippen molar-refractivity contribution in [1.29, 1.82) is 0 Å². The fraction of sp³-hybridized carbons (Fsp3) is 0.438. The first-order valence-corrected chi connectivity index (χ1v) is 6.93. The average molecular weight is 257 g/mol. The van der Waals surface area contributed by atoms with Crippen molar-refractivity contribution in [3.8, 4) is 0 Å². The monoisotopic (exact) mass is 257 g/mol. The highest BCUT2D eigenvalue weighted by atomic mass is 16.3. The first-order chi connectivity index (χ1) is 9.13. The van der Waals surface area contributed by atoms with Crippen LogP contribution in [0.15, 0.2) is 28.7 Å². The number of piperidine rings is 1. The Balaban J connectivity index is 1.85. The molecule has 0 saturated carbocycles. The van der Waals surface area contributed by atoms with Crippen molar-refractivity contribution >= 4 is 16.9 Å². The molecule has 0 bridgehead atoms. The van der Waals surface area contributed by atoms with Crippen LogP contribution in [0.2, 0.25) is 0 Å². The van der Waals surface area contributed by atoms with Gasteiger partial charge < -0.3 is 9.32 Å². The van der Waals surface area contributed by atoms with Crippen LogP contribution in [0, 0.1) is 12.8 Å². The van der Waals surface area contributed by atoms with Crippen LogP contribution in [0.3, 0.4) is 0 Å². The molecule has 1 aliphatic rings. The highest BCUT2D eigenvalue weighted by molar-refractivity contribution is 5.96. The van der Waals surface area contributed by atoms with Gasteiger partial charge in [0, 0.05) is 18.5 Å². The first-order valence-electron chi connectivity index (χ1n) is 6.93. The number of benzene rings is 1. The molecule has 0 unspecified atom stereocenters. The first kappa shape index (κ1) is 12.3. The van der Waals surface area contributed by atoms with Gasteiger partial charge in [0.1, 0.15) is 5.58 Å². The summed E-state index contributed by atoms with van der Waals surface area (Å²) in [7, 11) is 0. The molecule has 100 valence electrons. The molecule has 1 fully saturated rings. The van der Waals surface area contributed by atoms with Crippen molar-refractivity contribution in [3.63, 3.8) is 0 Å². The van der Waals surface area contributed by atoms with E-state index >= 15 is 0 Å². The quantitative estimate of drug-likeness (QED) is 0.782. The maximum Gasteiger partial charge on any atom is 0.289 e. The van der Waals surface area contributed by atoms with Gasteiger partial charge in [-0.3, -0.25) is 4.79 Å². The van der Waals surface area contributed by atoms with Gasteiger partial charge >= 0.3 is 0 Å². The van der Waals surface area contributed by atoms with Crippen LogP contribution in [0.4, 0.5) is 0 Å². The predicted molar refractivity (Wildman–Crippen MR) is 75.3 cm³/mol. The summed E-state index contributed by atoms with van der Waals surface area (Å²) >= 11 is 0. The third-order valence-corrected chi connectivity index (χ3v) is 3.96. The van der Waals surface area contributed by atoms with Crippen molar-refractivity contribution in [2.24, 2.45) is 5.92 Å². The molecule has 1 amide bonds. The van der Waals surface area contributed by atoms with Crippen LogP contribution >= 0.6 is 0 Å². The van der Waals surface area contributed by atoms with Gasteiger partial charge in [-0.2, -0.15) is 0 Å². The topological polar surface area (TPSA) is 33.5 Å². The van der Waals surface area contributed by atoms with Crippen LogP contribution in [0.1, 0.15) is 35.9 Å². The van der Waals surface area contributed by atoms with Crippen molar-refractivity contribution < 1.29 is 9.21 Å². The summed E-state index contributed by atoms with van der Waals surface area (Å²) in [5, 5.41) is 0.999. The third kappa shape index (κ3) is 2.37. The molecule has 2 aromatic rings. The van der Waals surface area contributed by atoms with Gasteiger partial charge in [0.15, 0.2) is 5.76 Å². The Kier molecular flexibility index (Phi) is 3.05. The number of hydrogen-bond acceptors (Lipinski definition) is 2. The normalized spacial score (nSPS) is 17.1.